The SMILES string of the molecule is O=c1[nH]c(Cl)c(O)cc1O. The van der Waals surface area contributed by atoms with Crippen molar-refractivity contribution in [3.63, 3.8) is 0 Å². The van der Waals surface area contributed by atoms with Crippen molar-refractivity contribution in [2.75, 3.05) is 0 Å². The van der Waals surface area contributed by atoms with Crippen molar-refractivity contribution < 1.29 is 10.2 Å². The Morgan fingerprint density at radius 3 is 2.50 bits per heavy atom. The molecule has 0 aromatic carbocycles. The van der Waals surface area contributed by atoms with Gasteiger partial charge < -0.3 is 15.2 Å². The molecule has 0 saturated carbocycles. The van der Waals surface area contributed by atoms with E-state index in [0.29, 0.717) is 0 Å². The first-order valence-electron chi connectivity index (χ1n) is 2.42. The summed E-state index contributed by atoms with van der Waals surface area (Å²) in [5, 5.41) is 17.2. The Morgan fingerprint density at radius 2 is 2.00 bits per heavy atom. The standard InChI is InChI=1S/C5H4ClNO3/c6-4-2(8)1-3(9)5(10)7-4/h1,8-9H,(H,7,10). The molecule has 0 saturated heterocycles. The molecule has 4 nitrogen and oxygen atoms in total. The van der Waals surface area contributed by atoms with E-state index < -0.39 is 11.3 Å². The maximum Gasteiger partial charge on any atom is 0.291 e. The van der Waals surface area contributed by atoms with Gasteiger partial charge in [-0.1, -0.05) is 11.6 Å². The van der Waals surface area contributed by atoms with Gasteiger partial charge in [-0.3, -0.25) is 4.79 Å². The molecule has 0 amide bonds. The second-order valence-corrected chi connectivity index (χ2v) is 2.06. The molecule has 0 unspecified atom stereocenters. The predicted octanol–water partition coefficient (Wildman–Crippen LogP) is 0.439. The Hall–Kier alpha value is -1.16. The average molecular weight is 162 g/mol. The van der Waals surface area contributed by atoms with Crippen LogP contribution >= 0.6 is 11.6 Å². The van der Waals surface area contributed by atoms with Gasteiger partial charge in [-0.25, -0.2) is 0 Å². The van der Waals surface area contributed by atoms with Gasteiger partial charge in [-0.15, -0.1) is 0 Å². The highest BCUT2D eigenvalue weighted by Gasteiger charge is 2.02. The van der Waals surface area contributed by atoms with Gasteiger partial charge in [0.2, 0.25) is 0 Å². The summed E-state index contributed by atoms with van der Waals surface area (Å²) in [6, 6.07) is 0.876. The van der Waals surface area contributed by atoms with Crippen molar-refractivity contribution >= 4 is 11.6 Å². The zero-order valence-corrected chi connectivity index (χ0v) is 5.51. The van der Waals surface area contributed by atoms with E-state index in [1.54, 1.807) is 0 Å². The molecule has 0 aliphatic heterocycles. The second kappa shape index (κ2) is 2.22. The molecule has 5 heteroatoms. The molecule has 3 N–H and O–H groups in total. The number of halogens is 1. The molecular formula is C5H4ClNO3. The lowest BCUT2D eigenvalue weighted by atomic mass is 10.4. The first kappa shape index (κ1) is 6.95. The molecule has 0 atom stereocenters. The largest absolute Gasteiger partial charge is 0.505 e. The Bertz CT molecular complexity index is 306. The van der Waals surface area contributed by atoms with E-state index >= 15 is 0 Å². The number of hydrogen-bond acceptors (Lipinski definition) is 3. The van der Waals surface area contributed by atoms with Crippen LogP contribution in [0.1, 0.15) is 0 Å². The first-order chi connectivity index (χ1) is 4.61. The Kier molecular flexibility index (Phi) is 1.55. The van der Waals surface area contributed by atoms with E-state index in [4.69, 9.17) is 21.8 Å². The normalized spacial score (nSPS) is 9.70. The molecule has 0 aliphatic carbocycles. The highest BCUT2D eigenvalue weighted by atomic mass is 35.5. The maximum absolute atomic E-state index is 10.5. The third-order valence-electron chi connectivity index (χ3n) is 0.954. The van der Waals surface area contributed by atoms with E-state index in [1.165, 1.54) is 0 Å². The molecule has 1 heterocycles. The molecule has 1 aromatic heterocycles. The van der Waals surface area contributed by atoms with Gasteiger partial charge in [0.25, 0.3) is 5.56 Å². The van der Waals surface area contributed by atoms with Crippen LogP contribution in [0.4, 0.5) is 0 Å². The summed E-state index contributed by atoms with van der Waals surface area (Å²) in [6.07, 6.45) is 0. The van der Waals surface area contributed by atoms with Crippen LogP contribution in [0.2, 0.25) is 5.15 Å². The van der Waals surface area contributed by atoms with E-state index in [1.807, 2.05) is 4.98 Å². The van der Waals surface area contributed by atoms with Crippen LogP contribution in [0.25, 0.3) is 0 Å². The summed E-state index contributed by atoms with van der Waals surface area (Å²) in [6.45, 7) is 0. The van der Waals surface area contributed by atoms with Crippen molar-refractivity contribution in [3.05, 3.63) is 21.6 Å². The monoisotopic (exact) mass is 161 g/mol. The fourth-order valence-electron chi connectivity index (χ4n) is 0.486. The smallest absolute Gasteiger partial charge is 0.291 e. The lowest BCUT2D eigenvalue weighted by Crippen LogP contribution is -2.03. The molecule has 0 spiro atoms. The van der Waals surface area contributed by atoms with Gasteiger partial charge in [0.1, 0.15) is 0 Å². The zero-order valence-electron chi connectivity index (χ0n) is 4.76. The van der Waals surface area contributed by atoms with Gasteiger partial charge >= 0.3 is 0 Å². The van der Waals surface area contributed by atoms with Gasteiger partial charge in [-0.2, -0.15) is 0 Å². The van der Waals surface area contributed by atoms with E-state index in [9.17, 15) is 4.79 Å². The van der Waals surface area contributed by atoms with Gasteiger partial charge in [0.15, 0.2) is 16.7 Å². The number of aromatic nitrogens is 1. The fourth-order valence-corrected chi connectivity index (χ4v) is 0.627. The highest BCUT2D eigenvalue weighted by Crippen LogP contribution is 2.20. The van der Waals surface area contributed by atoms with E-state index in [0.717, 1.165) is 6.07 Å². The molecule has 10 heavy (non-hydrogen) atoms. The van der Waals surface area contributed by atoms with Crippen LogP contribution in [0.5, 0.6) is 11.5 Å². The zero-order chi connectivity index (χ0) is 7.72. The minimum atomic E-state index is -0.720. The summed E-state index contributed by atoms with van der Waals surface area (Å²) in [4.78, 5) is 12.5. The summed E-state index contributed by atoms with van der Waals surface area (Å²) in [5.74, 6) is -0.902. The van der Waals surface area contributed by atoms with Crippen molar-refractivity contribution in [3.8, 4) is 11.5 Å². The van der Waals surface area contributed by atoms with Crippen LogP contribution in [-0.4, -0.2) is 15.2 Å². The van der Waals surface area contributed by atoms with Crippen molar-refractivity contribution in [2.45, 2.75) is 0 Å². The lowest BCUT2D eigenvalue weighted by molar-refractivity contribution is 0.442. The van der Waals surface area contributed by atoms with Gasteiger partial charge in [0, 0.05) is 6.07 Å². The molecule has 0 bridgehead atoms. The number of aromatic hydroxyl groups is 2. The molecule has 0 aliphatic rings. The highest BCUT2D eigenvalue weighted by molar-refractivity contribution is 6.30. The quantitative estimate of drug-likeness (QED) is 0.484. The number of aromatic amines is 1. The average Bonchev–Trinajstić information content (AvgIpc) is 1.84. The fraction of sp³-hybridized carbons (Fsp3) is 0. The van der Waals surface area contributed by atoms with Crippen LogP contribution in [0.3, 0.4) is 0 Å². The van der Waals surface area contributed by atoms with Crippen molar-refractivity contribution in [1.29, 1.82) is 0 Å². The molecule has 0 radical (unpaired) electrons. The lowest BCUT2D eigenvalue weighted by Gasteiger charge is -1.94. The Morgan fingerprint density at radius 1 is 1.40 bits per heavy atom. The number of rotatable bonds is 0. The summed E-state index contributed by atoms with van der Waals surface area (Å²) >= 11 is 5.27. The van der Waals surface area contributed by atoms with Crippen LogP contribution in [0, 0.1) is 0 Å². The summed E-state index contributed by atoms with van der Waals surface area (Å²) in [7, 11) is 0. The topological polar surface area (TPSA) is 73.3 Å². The minimum Gasteiger partial charge on any atom is -0.505 e. The summed E-state index contributed by atoms with van der Waals surface area (Å²) in [5.41, 5.74) is -0.720. The molecule has 1 aromatic rings. The van der Waals surface area contributed by atoms with Crippen LogP contribution in [-0.2, 0) is 0 Å². The van der Waals surface area contributed by atoms with Crippen molar-refractivity contribution in [2.24, 2.45) is 0 Å². The Balaban J connectivity index is 3.43. The van der Waals surface area contributed by atoms with Crippen LogP contribution in [0.15, 0.2) is 10.9 Å². The minimum absolute atomic E-state index is 0.178. The third-order valence-corrected chi connectivity index (χ3v) is 1.24. The molecule has 0 fully saturated rings. The first-order valence-corrected chi connectivity index (χ1v) is 2.80. The third kappa shape index (κ3) is 1.06. The molecule has 54 valence electrons. The maximum atomic E-state index is 10.5. The van der Waals surface area contributed by atoms with Gasteiger partial charge in [0.05, 0.1) is 0 Å². The Labute approximate surface area is 60.7 Å². The number of H-pyrrole nitrogens is 1. The van der Waals surface area contributed by atoms with Crippen LogP contribution < -0.4 is 5.56 Å². The predicted molar refractivity (Wildman–Crippen MR) is 35.4 cm³/mol. The van der Waals surface area contributed by atoms with Gasteiger partial charge in [-0.05, 0) is 0 Å². The van der Waals surface area contributed by atoms with Crippen molar-refractivity contribution in [1.82, 2.24) is 4.98 Å². The second-order valence-electron chi connectivity index (χ2n) is 1.68. The molecule has 1 rings (SSSR count). The number of hydrogen-bond donors (Lipinski definition) is 3. The van der Waals surface area contributed by atoms with E-state index in [-0.39, 0.29) is 10.9 Å². The van der Waals surface area contributed by atoms with E-state index in [2.05, 4.69) is 0 Å². The summed E-state index contributed by atoms with van der Waals surface area (Å²) < 4.78 is 0. The number of pyridine rings is 1. The number of nitrogens with one attached hydrogen (secondary N) is 1. The molecular weight excluding hydrogens is 158 g/mol.